The molecule has 3 heterocycles. The summed E-state index contributed by atoms with van der Waals surface area (Å²) in [6.07, 6.45) is 4.86. The van der Waals surface area contributed by atoms with Crippen LogP contribution in [0.2, 0.25) is 0 Å². The van der Waals surface area contributed by atoms with Gasteiger partial charge in [0.25, 0.3) is 0 Å². The van der Waals surface area contributed by atoms with Crippen LogP contribution in [0.25, 0.3) is 10.9 Å². The van der Waals surface area contributed by atoms with Crippen LogP contribution in [0.4, 0.5) is 21.6 Å². The molecule has 1 unspecified atom stereocenters. The van der Waals surface area contributed by atoms with E-state index in [-0.39, 0.29) is 18.1 Å². The van der Waals surface area contributed by atoms with Crippen LogP contribution < -0.4 is 15.8 Å². The lowest BCUT2D eigenvalue weighted by molar-refractivity contribution is 0.0743. The van der Waals surface area contributed by atoms with Crippen LogP contribution in [0.3, 0.4) is 0 Å². The number of benzene rings is 1. The van der Waals surface area contributed by atoms with Crippen molar-refractivity contribution in [3.63, 3.8) is 0 Å². The molecule has 1 aromatic carbocycles. The Morgan fingerprint density at radius 1 is 1.31 bits per heavy atom. The number of hydrogen-bond acceptors (Lipinski definition) is 8. The Bertz CT molecular complexity index is 1000. The Kier molecular flexibility index (Phi) is 5.68. The summed E-state index contributed by atoms with van der Waals surface area (Å²) in [6, 6.07) is 6.42. The summed E-state index contributed by atoms with van der Waals surface area (Å²) < 4.78 is 20.7. The molecule has 1 atom stereocenters. The van der Waals surface area contributed by atoms with E-state index >= 15 is 0 Å². The molecule has 1 aliphatic rings. The van der Waals surface area contributed by atoms with E-state index in [0.717, 1.165) is 25.9 Å². The van der Waals surface area contributed by atoms with Crippen molar-refractivity contribution in [2.75, 3.05) is 37.3 Å². The number of aromatic nitrogens is 3. The number of rotatable bonds is 6. The zero-order valence-electron chi connectivity index (χ0n) is 15.9. The smallest absolute Gasteiger partial charge is 0.238 e. The van der Waals surface area contributed by atoms with Gasteiger partial charge in [0.05, 0.1) is 17.5 Å². The minimum atomic E-state index is -0.499. The molecule has 0 aliphatic carbocycles. The fourth-order valence-corrected chi connectivity index (χ4v) is 3.58. The van der Waals surface area contributed by atoms with Crippen molar-refractivity contribution >= 4 is 28.1 Å². The zero-order valence-corrected chi connectivity index (χ0v) is 15.9. The third-order valence-electron chi connectivity index (χ3n) is 4.89. The molecule has 4 N–H and O–H groups in total. The SMILES string of the molecule is Nc1cc(F)c2c(Nc3cccnc3OC3CCCN(CCO)C3)ncnc2c1. The number of anilines is 3. The molecule has 2 aromatic heterocycles. The van der Waals surface area contributed by atoms with Gasteiger partial charge in [0, 0.05) is 25.0 Å². The maximum absolute atomic E-state index is 14.5. The highest BCUT2D eigenvalue weighted by atomic mass is 19.1. The zero-order chi connectivity index (χ0) is 20.2. The Hall–Kier alpha value is -3.04. The van der Waals surface area contributed by atoms with E-state index in [9.17, 15) is 9.50 Å². The number of aliphatic hydroxyl groups is 1. The van der Waals surface area contributed by atoms with E-state index in [4.69, 9.17) is 10.5 Å². The number of nitrogens with zero attached hydrogens (tertiary/aromatic N) is 4. The maximum Gasteiger partial charge on any atom is 0.238 e. The monoisotopic (exact) mass is 398 g/mol. The first-order valence-electron chi connectivity index (χ1n) is 9.55. The fraction of sp³-hybridized carbons (Fsp3) is 0.350. The Morgan fingerprint density at radius 2 is 2.21 bits per heavy atom. The molecule has 3 aromatic rings. The van der Waals surface area contributed by atoms with Gasteiger partial charge in [-0.25, -0.2) is 19.3 Å². The number of nitrogen functional groups attached to an aromatic ring is 1. The first-order chi connectivity index (χ1) is 14.1. The number of nitrogens with two attached hydrogens (primary N) is 1. The summed E-state index contributed by atoms with van der Waals surface area (Å²) in [5.41, 5.74) is 7.02. The van der Waals surface area contributed by atoms with Crippen molar-refractivity contribution in [1.29, 1.82) is 0 Å². The lowest BCUT2D eigenvalue weighted by Crippen LogP contribution is -2.42. The first kappa shape index (κ1) is 19.3. The number of halogens is 1. The molecule has 29 heavy (non-hydrogen) atoms. The molecule has 0 radical (unpaired) electrons. The quantitative estimate of drug-likeness (QED) is 0.543. The molecule has 0 saturated carbocycles. The average Bonchev–Trinajstić information content (AvgIpc) is 2.70. The molecule has 1 saturated heterocycles. The van der Waals surface area contributed by atoms with Gasteiger partial charge in [-0.2, -0.15) is 0 Å². The van der Waals surface area contributed by atoms with E-state index in [1.807, 2.05) is 0 Å². The van der Waals surface area contributed by atoms with Crippen LogP contribution in [0.15, 0.2) is 36.8 Å². The summed E-state index contributed by atoms with van der Waals surface area (Å²) in [5.74, 6) is 0.239. The van der Waals surface area contributed by atoms with Gasteiger partial charge in [0.15, 0.2) is 0 Å². The second-order valence-electron chi connectivity index (χ2n) is 7.01. The van der Waals surface area contributed by atoms with Gasteiger partial charge in [-0.3, -0.25) is 4.90 Å². The predicted molar refractivity (Wildman–Crippen MR) is 109 cm³/mol. The van der Waals surface area contributed by atoms with Gasteiger partial charge in [-0.05, 0) is 43.7 Å². The van der Waals surface area contributed by atoms with Crippen molar-refractivity contribution in [1.82, 2.24) is 19.9 Å². The van der Waals surface area contributed by atoms with E-state index in [2.05, 4.69) is 25.2 Å². The van der Waals surface area contributed by atoms with E-state index in [1.165, 1.54) is 12.4 Å². The molecule has 1 fully saturated rings. The van der Waals surface area contributed by atoms with Crippen molar-refractivity contribution in [3.05, 3.63) is 42.6 Å². The van der Waals surface area contributed by atoms with Crippen molar-refractivity contribution in [3.8, 4) is 5.88 Å². The van der Waals surface area contributed by atoms with Crippen molar-refractivity contribution in [2.45, 2.75) is 18.9 Å². The van der Waals surface area contributed by atoms with E-state index in [0.29, 0.717) is 35.1 Å². The summed E-state index contributed by atoms with van der Waals surface area (Å²) in [6.45, 7) is 2.42. The number of nitrogens with one attached hydrogen (secondary N) is 1. The van der Waals surface area contributed by atoms with Crippen LogP contribution >= 0.6 is 0 Å². The standard InChI is InChI=1S/C20H23FN6O2/c21-15-9-13(22)10-17-18(15)19(25-12-24-17)26-16-4-1-5-23-20(16)29-14-3-2-6-27(11-14)7-8-28/h1,4-5,9-10,12,14,28H,2-3,6-8,11,22H2,(H,24,25,26). The third kappa shape index (κ3) is 4.36. The Morgan fingerprint density at radius 3 is 3.07 bits per heavy atom. The van der Waals surface area contributed by atoms with Gasteiger partial charge in [-0.15, -0.1) is 0 Å². The van der Waals surface area contributed by atoms with E-state index < -0.39 is 5.82 Å². The number of β-amino-alcohol motifs (C(OH)–C–C–N with tert-alkyl or cyclic N) is 1. The highest BCUT2D eigenvalue weighted by molar-refractivity contribution is 5.93. The topological polar surface area (TPSA) is 109 Å². The molecule has 0 spiro atoms. The molecular weight excluding hydrogens is 375 g/mol. The average molecular weight is 398 g/mol. The van der Waals surface area contributed by atoms with E-state index in [1.54, 1.807) is 24.4 Å². The molecule has 152 valence electrons. The highest BCUT2D eigenvalue weighted by Crippen LogP contribution is 2.31. The maximum atomic E-state index is 14.5. The van der Waals surface area contributed by atoms with Crippen LogP contribution in [0.5, 0.6) is 5.88 Å². The normalized spacial score (nSPS) is 17.4. The van der Waals surface area contributed by atoms with Gasteiger partial charge in [0.2, 0.25) is 5.88 Å². The number of fused-ring (bicyclic) bond motifs is 1. The van der Waals surface area contributed by atoms with Crippen molar-refractivity contribution < 1.29 is 14.2 Å². The first-order valence-corrected chi connectivity index (χ1v) is 9.55. The minimum absolute atomic E-state index is 0.0376. The number of piperidine rings is 1. The molecule has 0 bridgehead atoms. The number of pyridine rings is 1. The number of ether oxygens (including phenoxy) is 1. The summed E-state index contributed by atoms with van der Waals surface area (Å²) in [7, 11) is 0. The van der Waals surface area contributed by atoms with Crippen LogP contribution in [0, 0.1) is 5.82 Å². The predicted octanol–water partition coefficient (Wildman–Crippen LogP) is 2.33. The highest BCUT2D eigenvalue weighted by Gasteiger charge is 2.22. The Balaban J connectivity index is 1.59. The van der Waals surface area contributed by atoms with Gasteiger partial charge >= 0.3 is 0 Å². The van der Waals surface area contributed by atoms with Crippen molar-refractivity contribution in [2.24, 2.45) is 0 Å². The largest absolute Gasteiger partial charge is 0.472 e. The molecular formula is C20H23FN6O2. The number of hydrogen-bond donors (Lipinski definition) is 3. The molecule has 4 rings (SSSR count). The fourth-order valence-electron chi connectivity index (χ4n) is 3.58. The lowest BCUT2D eigenvalue weighted by atomic mass is 10.1. The second kappa shape index (κ2) is 8.54. The number of aliphatic hydroxyl groups excluding tert-OH is 1. The van der Waals surface area contributed by atoms with Gasteiger partial charge in [0.1, 0.15) is 29.8 Å². The Labute approximate surface area is 167 Å². The minimum Gasteiger partial charge on any atom is -0.472 e. The van der Waals surface area contributed by atoms with Crippen LogP contribution in [-0.4, -0.2) is 57.3 Å². The lowest BCUT2D eigenvalue weighted by Gasteiger charge is -2.32. The van der Waals surface area contributed by atoms with Gasteiger partial charge in [-0.1, -0.05) is 0 Å². The molecule has 9 heteroatoms. The summed E-state index contributed by atoms with van der Waals surface area (Å²) in [5, 5.41) is 12.6. The summed E-state index contributed by atoms with van der Waals surface area (Å²) in [4.78, 5) is 14.8. The third-order valence-corrected chi connectivity index (χ3v) is 4.89. The van der Waals surface area contributed by atoms with Crippen LogP contribution in [0.1, 0.15) is 12.8 Å². The van der Waals surface area contributed by atoms with Crippen LogP contribution in [-0.2, 0) is 0 Å². The molecule has 1 aliphatic heterocycles. The number of likely N-dealkylation sites (tertiary alicyclic amines) is 1. The molecule has 8 nitrogen and oxygen atoms in total. The summed E-state index contributed by atoms with van der Waals surface area (Å²) >= 11 is 0. The molecule has 0 amide bonds. The van der Waals surface area contributed by atoms with Gasteiger partial charge < -0.3 is 20.9 Å². The second-order valence-corrected chi connectivity index (χ2v) is 7.01.